The van der Waals surface area contributed by atoms with Crippen LogP contribution in [0.1, 0.15) is 18.1 Å². The minimum Gasteiger partial charge on any atom is -0.495 e. The minimum absolute atomic E-state index is 0.0421. The van der Waals surface area contributed by atoms with Crippen LogP contribution in [0.5, 0.6) is 17.2 Å². The van der Waals surface area contributed by atoms with Crippen LogP contribution in [0, 0.1) is 0 Å². The lowest BCUT2D eigenvalue weighted by atomic mass is 10.0. The molecule has 0 aliphatic heterocycles. The zero-order chi connectivity index (χ0) is 34.0. The Morgan fingerprint density at radius 2 is 1.38 bits per heavy atom. The summed E-state index contributed by atoms with van der Waals surface area (Å²) in [6.45, 7) is 1.51. The van der Waals surface area contributed by atoms with Gasteiger partial charge in [0.05, 0.1) is 31.9 Å². The van der Waals surface area contributed by atoms with Gasteiger partial charge in [0.1, 0.15) is 18.3 Å². The van der Waals surface area contributed by atoms with Gasteiger partial charge in [-0.05, 0) is 48.4 Å². The first kappa shape index (κ1) is 35.1. The Labute approximate surface area is 280 Å². The number of hydrogen-bond donors (Lipinski definition) is 1. The monoisotopic (exact) mass is 679 g/mol. The number of carbonyl (C=O) groups excluding carboxylic acids is 2. The van der Waals surface area contributed by atoms with Crippen molar-refractivity contribution in [3.05, 3.63) is 113 Å². The number of nitrogens with one attached hydrogen (secondary N) is 1. The number of halogens is 1. The lowest BCUT2D eigenvalue weighted by Crippen LogP contribution is -2.53. The lowest BCUT2D eigenvalue weighted by molar-refractivity contribution is -0.140. The molecule has 248 valence electrons. The van der Waals surface area contributed by atoms with Crippen molar-refractivity contribution >= 4 is 39.1 Å². The summed E-state index contributed by atoms with van der Waals surface area (Å²) in [6, 6.07) is 26.2. The van der Waals surface area contributed by atoms with Crippen molar-refractivity contribution in [2.75, 3.05) is 38.7 Å². The van der Waals surface area contributed by atoms with Gasteiger partial charge in [-0.2, -0.15) is 0 Å². The largest absolute Gasteiger partial charge is 0.495 e. The molecule has 12 heteroatoms. The molecule has 4 rings (SSSR count). The molecule has 0 bridgehead atoms. The highest BCUT2D eigenvalue weighted by molar-refractivity contribution is 7.92. The van der Waals surface area contributed by atoms with Crippen LogP contribution in [-0.4, -0.2) is 65.6 Å². The molecule has 1 N–H and O–H groups in total. The van der Waals surface area contributed by atoms with Crippen LogP contribution in [0.3, 0.4) is 0 Å². The van der Waals surface area contributed by atoms with Crippen LogP contribution < -0.4 is 23.8 Å². The second-order valence-corrected chi connectivity index (χ2v) is 12.8. The highest BCUT2D eigenvalue weighted by Crippen LogP contribution is 2.37. The van der Waals surface area contributed by atoms with Gasteiger partial charge in [0.25, 0.3) is 10.0 Å². The first-order valence-corrected chi connectivity index (χ1v) is 16.7. The average molecular weight is 680 g/mol. The van der Waals surface area contributed by atoms with Gasteiger partial charge < -0.3 is 24.4 Å². The Morgan fingerprint density at radius 3 is 1.98 bits per heavy atom. The maximum absolute atomic E-state index is 14.6. The molecule has 47 heavy (non-hydrogen) atoms. The summed E-state index contributed by atoms with van der Waals surface area (Å²) in [5.74, 6) is -0.301. The minimum atomic E-state index is -4.47. The molecule has 2 amide bonds. The smallest absolute Gasteiger partial charge is 0.265 e. The Morgan fingerprint density at radius 1 is 0.787 bits per heavy atom. The number of nitrogens with zero attached hydrogens (tertiary/aromatic N) is 2. The van der Waals surface area contributed by atoms with Gasteiger partial charge in [-0.3, -0.25) is 13.9 Å². The van der Waals surface area contributed by atoms with Crippen LogP contribution >= 0.6 is 11.6 Å². The van der Waals surface area contributed by atoms with Gasteiger partial charge in [-0.25, -0.2) is 8.42 Å². The molecule has 4 aromatic rings. The summed E-state index contributed by atoms with van der Waals surface area (Å²) < 4.78 is 46.1. The molecular weight excluding hydrogens is 642 g/mol. The number of hydrogen-bond acceptors (Lipinski definition) is 7. The van der Waals surface area contributed by atoms with Crippen LogP contribution in [0.15, 0.2) is 102 Å². The normalized spacial score (nSPS) is 11.7. The average Bonchev–Trinajstić information content (AvgIpc) is 3.09. The highest BCUT2D eigenvalue weighted by atomic mass is 35.5. The Balaban J connectivity index is 1.86. The predicted molar refractivity (Wildman–Crippen MR) is 182 cm³/mol. The van der Waals surface area contributed by atoms with E-state index in [9.17, 15) is 18.0 Å². The molecular formula is C35H38ClN3O7S. The fraction of sp³-hybridized carbons (Fsp3) is 0.257. The van der Waals surface area contributed by atoms with Crippen molar-refractivity contribution < 1.29 is 32.2 Å². The maximum atomic E-state index is 14.6. The molecule has 0 radical (unpaired) electrons. The third kappa shape index (κ3) is 8.55. The molecule has 0 aliphatic carbocycles. The molecule has 0 heterocycles. The highest BCUT2D eigenvalue weighted by Gasteiger charge is 2.36. The van der Waals surface area contributed by atoms with Crippen LogP contribution in [-0.2, 0) is 32.6 Å². The van der Waals surface area contributed by atoms with Gasteiger partial charge in [0.15, 0.2) is 11.5 Å². The van der Waals surface area contributed by atoms with Gasteiger partial charge >= 0.3 is 0 Å². The summed E-state index contributed by atoms with van der Waals surface area (Å²) >= 11 is 6.36. The van der Waals surface area contributed by atoms with Crippen molar-refractivity contribution in [1.82, 2.24) is 10.2 Å². The van der Waals surface area contributed by atoms with E-state index in [0.29, 0.717) is 12.3 Å². The van der Waals surface area contributed by atoms with E-state index in [1.165, 1.54) is 56.6 Å². The number of methoxy groups -OCH3 is 3. The topological polar surface area (TPSA) is 114 Å². The van der Waals surface area contributed by atoms with E-state index >= 15 is 0 Å². The van der Waals surface area contributed by atoms with Crippen molar-refractivity contribution in [1.29, 1.82) is 0 Å². The summed E-state index contributed by atoms with van der Waals surface area (Å²) in [7, 11) is -0.241. The van der Waals surface area contributed by atoms with Crippen LogP contribution in [0.2, 0.25) is 5.02 Å². The van der Waals surface area contributed by atoms with Crippen molar-refractivity contribution in [2.24, 2.45) is 0 Å². The van der Waals surface area contributed by atoms with E-state index in [-0.39, 0.29) is 46.0 Å². The summed E-state index contributed by atoms with van der Waals surface area (Å²) in [6.07, 6.45) is 0.203. The quantitative estimate of drug-likeness (QED) is 0.181. The first-order valence-electron chi connectivity index (χ1n) is 14.9. The summed E-state index contributed by atoms with van der Waals surface area (Å²) in [4.78, 5) is 29.5. The summed E-state index contributed by atoms with van der Waals surface area (Å²) in [5.41, 5.74) is 1.64. The number of rotatable bonds is 15. The van der Waals surface area contributed by atoms with Crippen molar-refractivity contribution in [3.8, 4) is 17.2 Å². The van der Waals surface area contributed by atoms with Gasteiger partial charge in [-0.1, -0.05) is 72.3 Å². The molecule has 0 fully saturated rings. The van der Waals surface area contributed by atoms with E-state index < -0.39 is 28.5 Å². The fourth-order valence-corrected chi connectivity index (χ4v) is 6.70. The molecule has 0 aromatic heterocycles. The Bertz CT molecular complexity index is 1770. The number of anilines is 1. The van der Waals surface area contributed by atoms with E-state index in [0.717, 1.165) is 15.4 Å². The molecule has 1 atom stereocenters. The molecule has 0 saturated carbocycles. The molecule has 0 unspecified atom stereocenters. The predicted octanol–water partition coefficient (Wildman–Crippen LogP) is 5.34. The zero-order valence-electron chi connectivity index (χ0n) is 26.7. The zero-order valence-corrected chi connectivity index (χ0v) is 28.3. The molecule has 0 aliphatic rings. The van der Waals surface area contributed by atoms with Gasteiger partial charge in [0.2, 0.25) is 11.8 Å². The van der Waals surface area contributed by atoms with E-state index in [4.69, 9.17) is 25.8 Å². The van der Waals surface area contributed by atoms with Crippen molar-refractivity contribution in [3.63, 3.8) is 0 Å². The number of benzene rings is 4. The standard InChI is InChI=1S/C35H38ClN3O7S/c1-5-37-35(41)30(20-25-12-8-6-9-13-25)38(23-26-14-10-7-11-15-26)34(40)24-39(29-21-27(36)16-18-31(29)44-2)47(42,43)28-17-19-32(45-3)33(22-28)46-4/h6-19,21-22,30H,5,20,23-24H2,1-4H3,(H,37,41)/t30-/m1/s1. The summed E-state index contributed by atoms with van der Waals surface area (Å²) in [5, 5.41) is 3.08. The number of sulfonamides is 1. The Kier molecular flexibility index (Phi) is 12.1. The number of amides is 2. The lowest BCUT2D eigenvalue weighted by Gasteiger charge is -2.34. The molecule has 4 aromatic carbocycles. The van der Waals surface area contributed by atoms with Crippen molar-refractivity contribution in [2.45, 2.75) is 30.8 Å². The SMILES string of the molecule is CCNC(=O)[C@@H](Cc1ccccc1)N(Cc1ccccc1)C(=O)CN(c1cc(Cl)ccc1OC)S(=O)(=O)c1ccc(OC)c(OC)c1. The van der Waals surface area contributed by atoms with Crippen LogP contribution in [0.25, 0.3) is 0 Å². The number of carbonyl (C=O) groups is 2. The first-order chi connectivity index (χ1) is 22.6. The van der Waals surface area contributed by atoms with E-state index in [1.54, 1.807) is 13.0 Å². The second kappa shape index (κ2) is 16.2. The Hall–Kier alpha value is -4.74. The maximum Gasteiger partial charge on any atom is 0.265 e. The third-order valence-corrected chi connectivity index (χ3v) is 9.44. The number of likely N-dealkylation sites (N-methyl/N-ethyl adjacent to an activating group) is 1. The van der Waals surface area contributed by atoms with Crippen LogP contribution in [0.4, 0.5) is 5.69 Å². The molecule has 10 nitrogen and oxygen atoms in total. The number of ether oxygens (including phenoxy) is 3. The second-order valence-electron chi connectivity index (χ2n) is 10.5. The van der Waals surface area contributed by atoms with Gasteiger partial charge in [-0.15, -0.1) is 0 Å². The molecule has 0 saturated heterocycles. The third-order valence-electron chi connectivity index (χ3n) is 7.45. The fourth-order valence-electron chi connectivity index (χ4n) is 5.10. The van der Waals surface area contributed by atoms with Gasteiger partial charge in [0, 0.05) is 30.6 Å². The van der Waals surface area contributed by atoms with E-state index in [1.807, 2.05) is 60.7 Å². The van der Waals surface area contributed by atoms with E-state index in [2.05, 4.69) is 5.32 Å². The molecule has 0 spiro atoms.